The number of nitrogens with one attached hydrogen (secondary N) is 1. The van der Waals surface area contributed by atoms with Crippen LogP contribution in [0.25, 0.3) is 0 Å². The molecule has 3 N–H and O–H groups in total. The van der Waals surface area contributed by atoms with Crippen LogP contribution in [-0.2, 0) is 10.0 Å². The molecule has 5 nitrogen and oxygen atoms in total. The summed E-state index contributed by atoms with van der Waals surface area (Å²) < 4.78 is 69.1. The van der Waals surface area contributed by atoms with E-state index < -0.39 is 28.2 Å². The summed E-state index contributed by atoms with van der Waals surface area (Å²) in [7, 11) is -3.96. The predicted octanol–water partition coefficient (Wildman–Crippen LogP) is 2.22. The van der Waals surface area contributed by atoms with Crippen molar-refractivity contribution >= 4 is 10.0 Å². The fourth-order valence-electron chi connectivity index (χ4n) is 2.75. The number of sulfonamides is 1. The highest BCUT2D eigenvalue weighted by Crippen LogP contribution is 2.27. The van der Waals surface area contributed by atoms with Gasteiger partial charge in [0.15, 0.2) is 11.6 Å². The smallest absolute Gasteiger partial charge is 0.387 e. The average Bonchev–Trinajstić information content (AvgIpc) is 2.49. The fraction of sp³-hybridized carbons (Fsp3) is 0.571. The summed E-state index contributed by atoms with van der Waals surface area (Å²) >= 11 is 0. The lowest BCUT2D eigenvalue weighted by Gasteiger charge is -2.31. The third kappa shape index (κ3) is 4.58. The maximum Gasteiger partial charge on any atom is 0.387 e. The van der Waals surface area contributed by atoms with Crippen LogP contribution in [0.15, 0.2) is 23.1 Å². The molecule has 0 spiro atoms. The van der Waals surface area contributed by atoms with Crippen LogP contribution in [-0.4, -0.2) is 27.6 Å². The summed E-state index contributed by atoms with van der Waals surface area (Å²) in [6.45, 7) is -2.82. The Morgan fingerprint density at radius 1 is 1.30 bits per heavy atom. The fourth-order valence-corrected chi connectivity index (χ4v) is 4.10. The molecule has 2 unspecified atom stereocenters. The molecule has 0 bridgehead atoms. The van der Waals surface area contributed by atoms with Gasteiger partial charge in [-0.05, 0) is 43.5 Å². The Morgan fingerprint density at radius 2 is 2.00 bits per heavy atom. The molecule has 0 amide bonds. The molecule has 0 aliphatic heterocycles. The van der Waals surface area contributed by atoms with Crippen LogP contribution in [0.1, 0.15) is 25.7 Å². The molecule has 1 fully saturated rings. The molecule has 2 rings (SSSR count). The van der Waals surface area contributed by atoms with Gasteiger partial charge < -0.3 is 10.5 Å². The van der Waals surface area contributed by atoms with Gasteiger partial charge in [0.25, 0.3) is 0 Å². The van der Waals surface area contributed by atoms with Gasteiger partial charge in [-0.2, -0.15) is 8.78 Å². The van der Waals surface area contributed by atoms with Crippen LogP contribution in [0, 0.1) is 11.7 Å². The first-order valence-corrected chi connectivity index (χ1v) is 8.78. The quantitative estimate of drug-likeness (QED) is 0.823. The average molecular weight is 352 g/mol. The zero-order valence-corrected chi connectivity index (χ0v) is 13.2. The molecule has 130 valence electrons. The second kappa shape index (κ2) is 7.50. The van der Waals surface area contributed by atoms with E-state index in [2.05, 4.69) is 9.46 Å². The van der Waals surface area contributed by atoms with E-state index in [1.807, 2.05) is 0 Å². The van der Waals surface area contributed by atoms with Crippen LogP contribution in [0.4, 0.5) is 13.2 Å². The second-order valence-electron chi connectivity index (χ2n) is 5.48. The number of rotatable bonds is 6. The van der Waals surface area contributed by atoms with Crippen LogP contribution < -0.4 is 15.2 Å². The topological polar surface area (TPSA) is 81.4 Å². The lowest BCUT2D eigenvalue weighted by Crippen LogP contribution is -2.44. The molecule has 9 heteroatoms. The van der Waals surface area contributed by atoms with E-state index >= 15 is 0 Å². The Labute approximate surface area is 133 Å². The van der Waals surface area contributed by atoms with E-state index in [0.29, 0.717) is 19.0 Å². The first-order chi connectivity index (χ1) is 10.8. The predicted molar refractivity (Wildman–Crippen MR) is 78.2 cm³/mol. The lowest BCUT2D eigenvalue weighted by atomic mass is 9.85. The molecule has 1 aliphatic carbocycles. The Morgan fingerprint density at radius 3 is 2.61 bits per heavy atom. The summed E-state index contributed by atoms with van der Waals surface area (Å²) in [6.07, 6.45) is 3.38. The molecule has 0 radical (unpaired) electrons. The third-order valence-corrected chi connectivity index (χ3v) is 5.44. The summed E-state index contributed by atoms with van der Waals surface area (Å²) in [5, 5.41) is 0. The van der Waals surface area contributed by atoms with Gasteiger partial charge >= 0.3 is 6.61 Å². The number of hydrogen-bond donors (Lipinski definition) is 2. The summed E-state index contributed by atoms with van der Waals surface area (Å²) in [4.78, 5) is -0.335. The lowest BCUT2D eigenvalue weighted by molar-refractivity contribution is -0.0522. The molecule has 1 saturated carbocycles. The minimum atomic E-state index is -3.96. The minimum Gasteiger partial charge on any atom is -0.432 e. The zero-order chi connectivity index (χ0) is 17.0. The van der Waals surface area contributed by atoms with Crippen molar-refractivity contribution in [3.05, 3.63) is 24.0 Å². The molecule has 1 aromatic rings. The van der Waals surface area contributed by atoms with Crippen molar-refractivity contribution < 1.29 is 26.3 Å². The molecular formula is C14H19F3N2O3S. The van der Waals surface area contributed by atoms with Gasteiger partial charge in [-0.1, -0.05) is 12.8 Å². The highest BCUT2D eigenvalue weighted by atomic mass is 32.2. The van der Waals surface area contributed by atoms with Crippen molar-refractivity contribution in [2.45, 2.75) is 43.2 Å². The highest BCUT2D eigenvalue weighted by molar-refractivity contribution is 7.89. The largest absolute Gasteiger partial charge is 0.432 e. The van der Waals surface area contributed by atoms with Crippen molar-refractivity contribution in [2.24, 2.45) is 11.7 Å². The Bertz CT molecular complexity index is 640. The normalized spacial score (nSPS) is 22.3. The van der Waals surface area contributed by atoms with Crippen molar-refractivity contribution in [1.29, 1.82) is 0 Å². The van der Waals surface area contributed by atoms with E-state index in [4.69, 9.17) is 5.73 Å². The van der Waals surface area contributed by atoms with E-state index in [0.717, 1.165) is 31.4 Å². The number of benzene rings is 1. The summed E-state index contributed by atoms with van der Waals surface area (Å²) in [5.41, 5.74) is 5.66. The van der Waals surface area contributed by atoms with Gasteiger partial charge in [-0.25, -0.2) is 17.5 Å². The van der Waals surface area contributed by atoms with Crippen molar-refractivity contribution in [1.82, 2.24) is 4.72 Å². The van der Waals surface area contributed by atoms with E-state index in [1.165, 1.54) is 0 Å². The maximum absolute atomic E-state index is 13.7. The van der Waals surface area contributed by atoms with Crippen LogP contribution in [0.2, 0.25) is 0 Å². The SMILES string of the molecule is NCC1CCCCC1NS(=O)(=O)c1ccc(OC(F)F)c(F)c1. The first kappa shape index (κ1) is 18.0. The van der Waals surface area contributed by atoms with Gasteiger partial charge in [0.2, 0.25) is 10.0 Å². The molecule has 0 saturated heterocycles. The number of ether oxygens (including phenoxy) is 1. The van der Waals surface area contributed by atoms with Crippen LogP contribution >= 0.6 is 0 Å². The molecule has 1 aliphatic rings. The molecule has 1 aromatic carbocycles. The first-order valence-electron chi connectivity index (χ1n) is 7.30. The van der Waals surface area contributed by atoms with Gasteiger partial charge in [-0.15, -0.1) is 0 Å². The van der Waals surface area contributed by atoms with E-state index in [9.17, 15) is 21.6 Å². The number of hydrogen-bond acceptors (Lipinski definition) is 4. The van der Waals surface area contributed by atoms with Crippen molar-refractivity contribution in [3.63, 3.8) is 0 Å². The highest BCUT2D eigenvalue weighted by Gasteiger charge is 2.29. The monoisotopic (exact) mass is 352 g/mol. The Hall–Kier alpha value is -1.32. The summed E-state index contributed by atoms with van der Waals surface area (Å²) in [6, 6.07) is 2.26. The molecule has 2 atom stereocenters. The van der Waals surface area contributed by atoms with Crippen LogP contribution in [0.5, 0.6) is 5.75 Å². The Kier molecular flexibility index (Phi) is 5.88. The minimum absolute atomic E-state index is 0.0322. The Balaban J connectivity index is 2.17. The second-order valence-corrected chi connectivity index (χ2v) is 7.19. The summed E-state index contributed by atoms with van der Waals surface area (Å²) in [5.74, 6) is -1.83. The third-order valence-electron chi connectivity index (χ3n) is 3.95. The van der Waals surface area contributed by atoms with E-state index in [-0.39, 0.29) is 16.9 Å². The van der Waals surface area contributed by atoms with Gasteiger partial charge in [0.1, 0.15) is 0 Å². The maximum atomic E-state index is 13.7. The van der Waals surface area contributed by atoms with Gasteiger partial charge in [0, 0.05) is 6.04 Å². The molecule has 23 heavy (non-hydrogen) atoms. The number of halogens is 3. The van der Waals surface area contributed by atoms with Gasteiger partial charge in [-0.3, -0.25) is 0 Å². The van der Waals surface area contributed by atoms with Gasteiger partial charge in [0.05, 0.1) is 4.90 Å². The van der Waals surface area contributed by atoms with Crippen molar-refractivity contribution in [3.8, 4) is 5.75 Å². The molecular weight excluding hydrogens is 333 g/mol. The van der Waals surface area contributed by atoms with Crippen molar-refractivity contribution in [2.75, 3.05) is 6.54 Å². The molecule has 0 aromatic heterocycles. The zero-order valence-electron chi connectivity index (χ0n) is 12.3. The standard InChI is InChI=1S/C14H19F3N2O3S/c15-11-7-10(5-6-13(11)22-14(16)17)23(20,21)19-12-4-2-1-3-9(12)8-18/h5-7,9,12,14,19H,1-4,8,18H2. The van der Waals surface area contributed by atoms with Crippen LogP contribution in [0.3, 0.4) is 0 Å². The number of nitrogens with two attached hydrogens (primary N) is 1. The number of alkyl halides is 2. The van der Waals surface area contributed by atoms with E-state index in [1.54, 1.807) is 0 Å². The molecule has 0 heterocycles.